The van der Waals surface area contributed by atoms with Crippen LogP contribution in [0.25, 0.3) is 0 Å². The van der Waals surface area contributed by atoms with Crippen LogP contribution >= 0.6 is 0 Å². The quantitative estimate of drug-likeness (QED) is 0.341. The molecule has 0 aliphatic rings. The highest BCUT2D eigenvalue weighted by Gasteiger charge is 2.16. The summed E-state index contributed by atoms with van der Waals surface area (Å²) in [5.41, 5.74) is 5.22. The van der Waals surface area contributed by atoms with Crippen molar-refractivity contribution in [1.82, 2.24) is 10.2 Å². The highest BCUT2D eigenvalue weighted by atomic mass is 16.6. The van der Waals surface area contributed by atoms with E-state index < -0.39 is 12.0 Å². The molecule has 0 rings (SSSR count). The summed E-state index contributed by atoms with van der Waals surface area (Å²) in [5, 5.41) is 11.6. The predicted molar refractivity (Wildman–Crippen MR) is 80.6 cm³/mol. The van der Waals surface area contributed by atoms with E-state index in [1.54, 1.807) is 13.0 Å². The van der Waals surface area contributed by atoms with Crippen LogP contribution in [0.15, 0.2) is 11.8 Å². The highest BCUT2D eigenvalue weighted by Crippen LogP contribution is 2.01. The van der Waals surface area contributed by atoms with E-state index in [4.69, 9.17) is 20.5 Å². The molecule has 0 saturated carbocycles. The molecule has 0 aromatic carbocycles. The summed E-state index contributed by atoms with van der Waals surface area (Å²) in [5.74, 6) is -0.551. The molecule has 2 amide bonds. The third-order valence-corrected chi connectivity index (χ3v) is 2.48. The van der Waals surface area contributed by atoms with Crippen LogP contribution in [0.3, 0.4) is 0 Å². The number of carbonyl (C=O) groups is 2. The van der Waals surface area contributed by atoms with Crippen LogP contribution in [-0.4, -0.2) is 56.4 Å². The number of nitriles is 1. The van der Waals surface area contributed by atoms with Gasteiger partial charge in [-0.15, -0.1) is 0 Å². The predicted octanol–water partition coefficient (Wildman–Crippen LogP) is 0.354. The lowest BCUT2D eigenvalue weighted by Crippen LogP contribution is -2.34. The van der Waals surface area contributed by atoms with Gasteiger partial charge in [-0.25, -0.2) is 4.79 Å². The zero-order chi connectivity index (χ0) is 16.8. The summed E-state index contributed by atoms with van der Waals surface area (Å²) in [7, 11) is 0. The molecule has 0 bridgehead atoms. The van der Waals surface area contributed by atoms with Crippen molar-refractivity contribution >= 4 is 12.0 Å². The minimum Gasteiger partial charge on any atom is -0.449 e. The summed E-state index contributed by atoms with van der Waals surface area (Å²) in [6.07, 6.45) is 1.15. The van der Waals surface area contributed by atoms with Gasteiger partial charge in [0, 0.05) is 39.0 Å². The fourth-order valence-electron chi connectivity index (χ4n) is 1.46. The average molecular weight is 312 g/mol. The van der Waals surface area contributed by atoms with Gasteiger partial charge in [0.15, 0.2) is 0 Å². The Labute approximate surface area is 130 Å². The number of rotatable bonds is 10. The maximum absolute atomic E-state index is 11.9. The van der Waals surface area contributed by atoms with E-state index in [1.165, 1.54) is 0 Å². The number of amides is 2. The Kier molecular flexibility index (Phi) is 11.4. The number of nitrogens with two attached hydrogens (primary N) is 1. The number of nitrogens with one attached hydrogen (secondary N) is 1. The van der Waals surface area contributed by atoms with E-state index in [9.17, 15) is 9.59 Å². The van der Waals surface area contributed by atoms with E-state index in [-0.39, 0.29) is 25.3 Å². The highest BCUT2D eigenvalue weighted by molar-refractivity contribution is 5.97. The first-order valence-electron chi connectivity index (χ1n) is 7.21. The lowest BCUT2D eigenvalue weighted by molar-refractivity contribution is -0.117. The molecule has 22 heavy (non-hydrogen) atoms. The van der Waals surface area contributed by atoms with Gasteiger partial charge in [0.2, 0.25) is 0 Å². The van der Waals surface area contributed by atoms with Crippen molar-refractivity contribution in [2.45, 2.75) is 20.3 Å². The molecule has 0 aliphatic carbocycles. The van der Waals surface area contributed by atoms with Crippen LogP contribution in [0.4, 0.5) is 4.79 Å². The lowest BCUT2D eigenvalue weighted by atomic mass is 10.3. The first kappa shape index (κ1) is 19.9. The van der Waals surface area contributed by atoms with Crippen LogP contribution in [-0.2, 0) is 14.3 Å². The Morgan fingerprint density at radius 2 is 2.09 bits per heavy atom. The third-order valence-electron chi connectivity index (χ3n) is 2.48. The third kappa shape index (κ3) is 8.24. The van der Waals surface area contributed by atoms with Crippen molar-refractivity contribution in [2.24, 2.45) is 5.73 Å². The number of nitrogens with zero attached hydrogens (tertiary/aromatic N) is 2. The molecule has 0 aliphatic heterocycles. The number of ether oxygens (including phenoxy) is 2. The maximum Gasteiger partial charge on any atom is 0.413 e. The molecule has 3 N–H and O–H groups in total. The lowest BCUT2D eigenvalue weighted by Gasteiger charge is -2.17. The summed E-state index contributed by atoms with van der Waals surface area (Å²) < 4.78 is 9.98. The van der Waals surface area contributed by atoms with Gasteiger partial charge in [-0.3, -0.25) is 9.69 Å². The molecule has 8 nitrogen and oxygen atoms in total. The zero-order valence-corrected chi connectivity index (χ0v) is 13.1. The van der Waals surface area contributed by atoms with Crippen LogP contribution in [0, 0.1) is 11.3 Å². The molecule has 124 valence electrons. The number of hydrogen-bond acceptors (Lipinski definition) is 6. The minimum absolute atomic E-state index is 0.154. The van der Waals surface area contributed by atoms with E-state index in [0.717, 1.165) is 11.1 Å². The molecule has 0 aromatic heterocycles. The number of hydrogen-bond donors (Lipinski definition) is 2. The topological polar surface area (TPSA) is 118 Å². The minimum atomic E-state index is -0.648. The van der Waals surface area contributed by atoms with Crippen molar-refractivity contribution in [3.05, 3.63) is 11.8 Å². The average Bonchev–Trinajstić information content (AvgIpc) is 2.51. The van der Waals surface area contributed by atoms with E-state index >= 15 is 0 Å². The molecule has 0 fully saturated rings. The Hall–Kier alpha value is -2.11. The fourth-order valence-corrected chi connectivity index (χ4v) is 1.46. The number of carbonyl (C=O) groups excluding carboxylic acids is 2. The first-order chi connectivity index (χ1) is 10.6. The Balaban J connectivity index is 4.63. The summed E-state index contributed by atoms with van der Waals surface area (Å²) in [6, 6.07) is 1.77. The summed E-state index contributed by atoms with van der Waals surface area (Å²) in [6.45, 7) is 5.61. The van der Waals surface area contributed by atoms with E-state index in [2.05, 4.69) is 5.32 Å². The molecule has 0 unspecified atom stereocenters. The second kappa shape index (κ2) is 12.6. The van der Waals surface area contributed by atoms with Crippen molar-refractivity contribution < 1.29 is 19.1 Å². The molecule has 0 saturated heterocycles. The molecule has 0 heterocycles. The standard InChI is InChI=1S/C14H24N4O4/c1-3-21-9-5-7-17-13(19)12(10-16)11-18(8-6-15)14(20)22-4-2/h11H,3-9,15H2,1-2H3,(H,17,19)/b12-11-. The van der Waals surface area contributed by atoms with E-state index in [0.29, 0.717) is 26.2 Å². The van der Waals surface area contributed by atoms with Crippen LogP contribution in [0.5, 0.6) is 0 Å². The molecule has 0 radical (unpaired) electrons. The van der Waals surface area contributed by atoms with Gasteiger partial charge in [-0.2, -0.15) is 5.26 Å². The largest absolute Gasteiger partial charge is 0.449 e. The Bertz CT molecular complexity index is 418. The molecule has 0 spiro atoms. The Morgan fingerprint density at radius 1 is 1.36 bits per heavy atom. The summed E-state index contributed by atoms with van der Waals surface area (Å²) >= 11 is 0. The van der Waals surface area contributed by atoms with Gasteiger partial charge in [0.25, 0.3) is 5.91 Å². The molecular formula is C14H24N4O4. The molecule has 8 heteroatoms. The molecular weight excluding hydrogens is 288 g/mol. The second-order valence-corrected chi connectivity index (χ2v) is 4.14. The van der Waals surface area contributed by atoms with Crippen LogP contribution < -0.4 is 11.1 Å². The SMILES string of the molecule is CCOCCCNC(=O)/C(C#N)=C\N(CCN)C(=O)OCC. The van der Waals surface area contributed by atoms with Gasteiger partial charge < -0.3 is 20.5 Å². The van der Waals surface area contributed by atoms with Gasteiger partial charge in [0.05, 0.1) is 6.61 Å². The summed E-state index contributed by atoms with van der Waals surface area (Å²) in [4.78, 5) is 24.7. The van der Waals surface area contributed by atoms with Crippen molar-refractivity contribution in [3.8, 4) is 6.07 Å². The fraction of sp³-hybridized carbons (Fsp3) is 0.643. The van der Waals surface area contributed by atoms with Crippen molar-refractivity contribution in [2.75, 3.05) is 39.5 Å². The smallest absolute Gasteiger partial charge is 0.413 e. The van der Waals surface area contributed by atoms with Crippen LogP contribution in [0.1, 0.15) is 20.3 Å². The van der Waals surface area contributed by atoms with Crippen molar-refractivity contribution in [1.29, 1.82) is 5.26 Å². The van der Waals surface area contributed by atoms with Crippen molar-refractivity contribution in [3.63, 3.8) is 0 Å². The first-order valence-corrected chi connectivity index (χ1v) is 7.21. The zero-order valence-electron chi connectivity index (χ0n) is 13.1. The second-order valence-electron chi connectivity index (χ2n) is 4.14. The van der Waals surface area contributed by atoms with Gasteiger partial charge in [0.1, 0.15) is 11.6 Å². The van der Waals surface area contributed by atoms with Crippen LogP contribution in [0.2, 0.25) is 0 Å². The van der Waals surface area contributed by atoms with Gasteiger partial charge >= 0.3 is 6.09 Å². The molecule has 0 atom stereocenters. The monoisotopic (exact) mass is 312 g/mol. The van der Waals surface area contributed by atoms with Gasteiger partial charge in [-0.1, -0.05) is 0 Å². The normalized spacial score (nSPS) is 10.7. The Morgan fingerprint density at radius 3 is 2.64 bits per heavy atom. The molecule has 0 aromatic rings. The maximum atomic E-state index is 11.9. The van der Waals surface area contributed by atoms with E-state index in [1.807, 2.05) is 6.92 Å². The van der Waals surface area contributed by atoms with Gasteiger partial charge in [-0.05, 0) is 20.3 Å².